The van der Waals surface area contributed by atoms with Crippen LogP contribution in [0.2, 0.25) is 0 Å². The van der Waals surface area contributed by atoms with Gasteiger partial charge < -0.3 is 5.11 Å². The van der Waals surface area contributed by atoms with Gasteiger partial charge in [0.25, 0.3) is 0 Å². The van der Waals surface area contributed by atoms with Crippen LogP contribution in [0.4, 0.5) is 0 Å². The van der Waals surface area contributed by atoms with Gasteiger partial charge in [-0.3, -0.25) is 0 Å². The Morgan fingerprint density at radius 1 is 1.31 bits per heavy atom. The third-order valence-corrected chi connectivity index (χ3v) is 2.96. The molecule has 1 heterocycles. The number of hydrogen-bond acceptors (Lipinski definition) is 1. The molecule has 2 heteroatoms. The SMILES string of the molecule is C[n+]1ccccc1C1(O)CCCC1. The van der Waals surface area contributed by atoms with Crippen molar-refractivity contribution in [3.05, 3.63) is 30.1 Å². The Morgan fingerprint density at radius 3 is 2.62 bits per heavy atom. The molecule has 0 aromatic carbocycles. The third-order valence-electron chi connectivity index (χ3n) is 2.96. The largest absolute Gasteiger partial charge is 0.379 e. The summed E-state index contributed by atoms with van der Waals surface area (Å²) in [5, 5.41) is 10.3. The molecule has 1 aliphatic carbocycles. The maximum absolute atomic E-state index is 10.3. The second-order valence-corrected chi connectivity index (χ2v) is 3.94. The van der Waals surface area contributed by atoms with E-state index in [0.717, 1.165) is 31.4 Å². The number of aryl methyl sites for hydroxylation is 1. The van der Waals surface area contributed by atoms with Gasteiger partial charge in [0, 0.05) is 12.1 Å². The highest BCUT2D eigenvalue weighted by Gasteiger charge is 2.39. The first-order chi connectivity index (χ1) is 6.22. The Morgan fingerprint density at radius 2 is 2.00 bits per heavy atom. The fourth-order valence-corrected chi connectivity index (χ4v) is 2.22. The smallest absolute Gasteiger partial charge is 0.213 e. The van der Waals surface area contributed by atoms with Crippen LogP contribution in [0.3, 0.4) is 0 Å². The molecular formula is C11H16NO+. The first-order valence-electron chi connectivity index (χ1n) is 4.90. The van der Waals surface area contributed by atoms with E-state index in [4.69, 9.17) is 0 Å². The van der Waals surface area contributed by atoms with E-state index in [1.807, 2.05) is 36.0 Å². The highest BCUT2D eigenvalue weighted by molar-refractivity contribution is 5.09. The molecule has 1 aromatic heterocycles. The summed E-state index contributed by atoms with van der Waals surface area (Å²) in [6.07, 6.45) is 6.10. The van der Waals surface area contributed by atoms with Crippen molar-refractivity contribution in [3.8, 4) is 0 Å². The van der Waals surface area contributed by atoms with E-state index in [1.54, 1.807) is 0 Å². The average molecular weight is 178 g/mol. The minimum Gasteiger partial charge on any atom is -0.379 e. The quantitative estimate of drug-likeness (QED) is 0.643. The molecule has 70 valence electrons. The van der Waals surface area contributed by atoms with Gasteiger partial charge in [0.15, 0.2) is 6.20 Å². The topological polar surface area (TPSA) is 24.1 Å². The first kappa shape index (κ1) is 8.70. The van der Waals surface area contributed by atoms with Gasteiger partial charge in [0.05, 0.1) is 0 Å². The van der Waals surface area contributed by atoms with Crippen LogP contribution in [0, 0.1) is 0 Å². The highest BCUT2D eigenvalue weighted by atomic mass is 16.3. The molecule has 0 bridgehead atoms. The van der Waals surface area contributed by atoms with Gasteiger partial charge in [-0.05, 0) is 31.7 Å². The van der Waals surface area contributed by atoms with Crippen LogP contribution in [0.25, 0.3) is 0 Å². The number of nitrogens with zero attached hydrogens (tertiary/aromatic N) is 1. The summed E-state index contributed by atoms with van der Waals surface area (Å²) in [5.41, 5.74) is 0.489. The van der Waals surface area contributed by atoms with E-state index < -0.39 is 5.60 Å². The second-order valence-electron chi connectivity index (χ2n) is 3.94. The minimum absolute atomic E-state index is 0.560. The maximum Gasteiger partial charge on any atom is 0.213 e. The first-order valence-corrected chi connectivity index (χ1v) is 4.90. The summed E-state index contributed by atoms with van der Waals surface area (Å²) < 4.78 is 2.02. The Labute approximate surface area is 78.8 Å². The van der Waals surface area contributed by atoms with Crippen LogP contribution in [-0.2, 0) is 12.6 Å². The van der Waals surface area contributed by atoms with Gasteiger partial charge in [-0.15, -0.1) is 0 Å². The van der Waals surface area contributed by atoms with Gasteiger partial charge in [-0.25, -0.2) is 4.57 Å². The zero-order valence-electron chi connectivity index (χ0n) is 8.03. The lowest BCUT2D eigenvalue weighted by Gasteiger charge is -2.18. The maximum atomic E-state index is 10.3. The van der Waals surface area contributed by atoms with E-state index in [9.17, 15) is 5.11 Å². The normalized spacial score (nSPS) is 20.5. The van der Waals surface area contributed by atoms with Gasteiger partial charge >= 0.3 is 0 Å². The molecule has 0 saturated heterocycles. The van der Waals surface area contributed by atoms with Crippen LogP contribution in [0.5, 0.6) is 0 Å². The van der Waals surface area contributed by atoms with Crippen molar-refractivity contribution in [2.24, 2.45) is 7.05 Å². The predicted octanol–water partition coefficient (Wildman–Crippen LogP) is 1.27. The summed E-state index contributed by atoms with van der Waals surface area (Å²) in [6, 6.07) is 6.00. The van der Waals surface area contributed by atoms with Gasteiger partial charge in [-0.2, -0.15) is 0 Å². The molecule has 2 rings (SSSR count). The molecule has 0 radical (unpaired) electrons. The standard InChI is InChI=1S/C11H16NO/c1-12-9-5-2-6-10(12)11(13)7-3-4-8-11/h2,5-6,9,13H,3-4,7-8H2,1H3/q+1. The van der Waals surface area contributed by atoms with E-state index in [0.29, 0.717) is 0 Å². The summed E-state index contributed by atoms with van der Waals surface area (Å²) in [4.78, 5) is 0. The predicted molar refractivity (Wildman–Crippen MR) is 50.0 cm³/mol. The van der Waals surface area contributed by atoms with Crippen LogP contribution in [0.1, 0.15) is 31.4 Å². The lowest BCUT2D eigenvalue weighted by atomic mass is 9.97. The van der Waals surface area contributed by atoms with E-state index in [1.165, 1.54) is 0 Å². The van der Waals surface area contributed by atoms with Gasteiger partial charge in [0.1, 0.15) is 12.6 Å². The fourth-order valence-electron chi connectivity index (χ4n) is 2.22. The zero-order valence-corrected chi connectivity index (χ0v) is 8.03. The van der Waals surface area contributed by atoms with E-state index in [2.05, 4.69) is 0 Å². The van der Waals surface area contributed by atoms with Crippen molar-refractivity contribution in [1.29, 1.82) is 0 Å². The van der Waals surface area contributed by atoms with Crippen molar-refractivity contribution in [2.45, 2.75) is 31.3 Å². The Balaban J connectivity index is 2.39. The monoisotopic (exact) mass is 178 g/mol. The fraction of sp³-hybridized carbons (Fsp3) is 0.545. The molecule has 0 aliphatic heterocycles. The summed E-state index contributed by atoms with van der Waals surface area (Å²) in [7, 11) is 1.99. The molecule has 1 aliphatic rings. The highest BCUT2D eigenvalue weighted by Crippen LogP contribution is 2.36. The second kappa shape index (κ2) is 3.11. The Kier molecular flexibility index (Phi) is 2.08. The molecule has 13 heavy (non-hydrogen) atoms. The van der Waals surface area contributed by atoms with Crippen LogP contribution in [0.15, 0.2) is 24.4 Å². The number of rotatable bonds is 1. The van der Waals surface area contributed by atoms with Crippen molar-refractivity contribution < 1.29 is 9.67 Å². The van der Waals surface area contributed by atoms with Gasteiger partial charge in [-0.1, -0.05) is 0 Å². The van der Waals surface area contributed by atoms with Crippen LogP contribution >= 0.6 is 0 Å². The molecular weight excluding hydrogens is 162 g/mol. The molecule has 0 amide bonds. The molecule has 2 nitrogen and oxygen atoms in total. The van der Waals surface area contributed by atoms with Crippen molar-refractivity contribution in [2.75, 3.05) is 0 Å². The lowest BCUT2D eigenvalue weighted by Crippen LogP contribution is -2.41. The van der Waals surface area contributed by atoms with Crippen molar-refractivity contribution >= 4 is 0 Å². The summed E-state index contributed by atoms with van der Waals surface area (Å²) in [6.45, 7) is 0. The molecule has 1 saturated carbocycles. The zero-order chi connectivity index (χ0) is 9.31. The summed E-state index contributed by atoms with van der Waals surface area (Å²) in [5.74, 6) is 0. The number of hydrogen-bond donors (Lipinski definition) is 1. The molecule has 0 atom stereocenters. The lowest BCUT2D eigenvalue weighted by molar-refractivity contribution is -0.686. The van der Waals surface area contributed by atoms with Gasteiger partial charge in [0.2, 0.25) is 5.69 Å². The Hall–Kier alpha value is -0.890. The minimum atomic E-state index is -0.560. The molecule has 1 fully saturated rings. The molecule has 0 unspecified atom stereocenters. The van der Waals surface area contributed by atoms with Crippen molar-refractivity contribution in [3.63, 3.8) is 0 Å². The van der Waals surface area contributed by atoms with Crippen molar-refractivity contribution in [1.82, 2.24) is 0 Å². The number of aliphatic hydroxyl groups is 1. The Bertz CT molecular complexity index is 303. The number of pyridine rings is 1. The van der Waals surface area contributed by atoms with E-state index in [-0.39, 0.29) is 0 Å². The third kappa shape index (κ3) is 1.46. The molecule has 0 spiro atoms. The van der Waals surface area contributed by atoms with Crippen LogP contribution in [-0.4, -0.2) is 5.11 Å². The van der Waals surface area contributed by atoms with E-state index >= 15 is 0 Å². The summed E-state index contributed by atoms with van der Waals surface area (Å²) >= 11 is 0. The van der Waals surface area contributed by atoms with Crippen LogP contribution < -0.4 is 4.57 Å². The number of aromatic nitrogens is 1. The average Bonchev–Trinajstić information content (AvgIpc) is 2.54. The molecule has 1 N–H and O–H groups in total. The molecule has 1 aromatic rings.